The van der Waals surface area contributed by atoms with Crippen LogP contribution in [0.5, 0.6) is 0 Å². The second-order valence-electron chi connectivity index (χ2n) is 5.18. The molecule has 2 rings (SSSR count). The molecule has 0 radical (unpaired) electrons. The summed E-state index contributed by atoms with van der Waals surface area (Å²) in [6, 6.07) is 4.41. The molecule has 0 bridgehead atoms. The topological polar surface area (TPSA) is 52.7 Å². The van der Waals surface area contributed by atoms with Crippen LogP contribution in [-0.2, 0) is 16.8 Å². The summed E-state index contributed by atoms with van der Waals surface area (Å²) in [6.45, 7) is 3.25. The van der Waals surface area contributed by atoms with E-state index in [-0.39, 0.29) is 23.2 Å². The quantitative estimate of drug-likeness (QED) is 0.906. The Morgan fingerprint density at radius 3 is 2.86 bits per heavy atom. The van der Waals surface area contributed by atoms with Gasteiger partial charge in [-0.25, -0.2) is 4.39 Å². The van der Waals surface area contributed by atoms with Gasteiger partial charge >= 0.3 is 0 Å². The fourth-order valence-corrected chi connectivity index (χ4v) is 3.93. The molecule has 118 valence electrons. The average molecular weight is 336 g/mol. The Labute approximate surface area is 129 Å². The van der Waals surface area contributed by atoms with Gasteiger partial charge in [0.05, 0.1) is 0 Å². The van der Waals surface area contributed by atoms with Gasteiger partial charge in [-0.1, -0.05) is 17.7 Å². The van der Waals surface area contributed by atoms with Crippen LogP contribution in [0.1, 0.15) is 12.5 Å². The molecule has 1 aromatic carbocycles. The molecule has 5 nitrogen and oxygen atoms in total. The first-order valence-corrected chi connectivity index (χ1v) is 8.47. The van der Waals surface area contributed by atoms with E-state index in [4.69, 9.17) is 11.6 Å². The second kappa shape index (κ2) is 6.58. The Balaban J connectivity index is 2.17. The van der Waals surface area contributed by atoms with E-state index in [2.05, 4.69) is 5.32 Å². The third-order valence-corrected chi connectivity index (χ3v) is 5.75. The van der Waals surface area contributed by atoms with Crippen molar-refractivity contribution in [2.45, 2.75) is 19.5 Å². The van der Waals surface area contributed by atoms with Crippen LogP contribution >= 0.6 is 11.6 Å². The molecule has 1 fully saturated rings. The van der Waals surface area contributed by atoms with Crippen molar-refractivity contribution in [2.24, 2.45) is 0 Å². The first-order chi connectivity index (χ1) is 9.82. The van der Waals surface area contributed by atoms with Crippen molar-refractivity contribution in [3.8, 4) is 0 Å². The van der Waals surface area contributed by atoms with Crippen LogP contribution < -0.4 is 5.32 Å². The third-order valence-electron chi connectivity index (χ3n) is 3.49. The normalized spacial score (nSPS) is 20.9. The lowest BCUT2D eigenvalue weighted by atomic mass is 10.2. The van der Waals surface area contributed by atoms with Gasteiger partial charge in [0, 0.05) is 49.9 Å². The van der Waals surface area contributed by atoms with Crippen LogP contribution in [0.2, 0.25) is 5.02 Å². The maximum absolute atomic E-state index is 13.8. The molecular weight excluding hydrogens is 317 g/mol. The average Bonchev–Trinajstić information content (AvgIpc) is 2.42. The van der Waals surface area contributed by atoms with Crippen LogP contribution in [0.4, 0.5) is 4.39 Å². The van der Waals surface area contributed by atoms with E-state index >= 15 is 0 Å². The molecule has 8 heteroatoms. The number of hydrogen-bond donors (Lipinski definition) is 1. The Bertz CT molecular complexity index is 591. The van der Waals surface area contributed by atoms with Gasteiger partial charge in [0.1, 0.15) is 5.82 Å². The molecule has 0 saturated carbocycles. The predicted molar refractivity (Wildman–Crippen MR) is 80.8 cm³/mol. The molecular formula is C13H19ClFN3O2S. The summed E-state index contributed by atoms with van der Waals surface area (Å²) < 4.78 is 41.3. The first-order valence-electron chi connectivity index (χ1n) is 6.70. The number of nitrogens with zero attached hydrogens (tertiary/aromatic N) is 2. The van der Waals surface area contributed by atoms with Gasteiger partial charge in [-0.2, -0.15) is 17.0 Å². The first kappa shape index (κ1) is 16.6. The van der Waals surface area contributed by atoms with E-state index in [0.717, 1.165) is 4.31 Å². The summed E-state index contributed by atoms with van der Waals surface area (Å²) in [6.07, 6.45) is 0. The zero-order chi connectivity index (χ0) is 15.6. The highest BCUT2D eigenvalue weighted by atomic mass is 35.5. The molecule has 1 atom stereocenters. The van der Waals surface area contributed by atoms with Crippen molar-refractivity contribution in [3.05, 3.63) is 34.6 Å². The SMILES string of the molecule is C[C@@H]1CN(S(=O)(=O)N(C)Cc2c(F)cccc2Cl)CCN1. The molecule has 0 unspecified atom stereocenters. The number of hydrogen-bond acceptors (Lipinski definition) is 3. The fourth-order valence-electron chi connectivity index (χ4n) is 2.29. The molecule has 1 aliphatic rings. The van der Waals surface area contributed by atoms with Gasteiger partial charge in [-0.15, -0.1) is 0 Å². The monoisotopic (exact) mass is 335 g/mol. The largest absolute Gasteiger partial charge is 0.312 e. The van der Waals surface area contributed by atoms with Crippen LogP contribution in [-0.4, -0.2) is 49.8 Å². The van der Waals surface area contributed by atoms with Crippen molar-refractivity contribution in [3.63, 3.8) is 0 Å². The Hall–Kier alpha value is -0.730. The number of rotatable bonds is 4. The zero-order valence-electron chi connectivity index (χ0n) is 12.0. The molecule has 0 aliphatic carbocycles. The van der Waals surface area contributed by atoms with Crippen molar-refractivity contribution in [1.29, 1.82) is 0 Å². The van der Waals surface area contributed by atoms with Gasteiger partial charge in [0.2, 0.25) is 0 Å². The maximum Gasteiger partial charge on any atom is 0.282 e. The number of piperazine rings is 1. The molecule has 1 aliphatic heterocycles. The van der Waals surface area contributed by atoms with Crippen molar-refractivity contribution in [1.82, 2.24) is 13.9 Å². The van der Waals surface area contributed by atoms with Crippen molar-refractivity contribution >= 4 is 21.8 Å². The van der Waals surface area contributed by atoms with Gasteiger partial charge in [-0.05, 0) is 19.1 Å². The highest BCUT2D eigenvalue weighted by Gasteiger charge is 2.31. The molecule has 0 aromatic heterocycles. The Morgan fingerprint density at radius 1 is 1.52 bits per heavy atom. The van der Waals surface area contributed by atoms with Gasteiger partial charge in [0.25, 0.3) is 10.2 Å². The standard InChI is InChI=1S/C13H19ClFN3O2S/c1-10-8-18(7-6-16-10)21(19,20)17(2)9-11-12(14)4-3-5-13(11)15/h3-5,10,16H,6-9H2,1-2H3/t10-/m1/s1. The number of benzene rings is 1. The lowest BCUT2D eigenvalue weighted by Gasteiger charge is -2.33. The summed E-state index contributed by atoms with van der Waals surface area (Å²) in [5, 5.41) is 3.41. The van der Waals surface area contributed by atoms with Gasteiger partial charge in [0.15, 0.2) is 0 Å². The smallest absolute Gasteiger partial charge is 0.282 e. The van der Waals surface area contributed by atoms with Crippen LogP contribution in [0.25, 0.3) is 0 Å². The molecule has 1 saturated heterocycles. The molecule has 1 aromatic rings. The summed E-state index contributed by atoms with van der Waals surface area (Å²) in [5.74, 6) is -0.502. The minimum Gasteiger partial charge on any atom is -0.312 e. The molecule has 0 spiro atoms. The van der Waals surface area contributed by atoms with Crippen molar-refractivity contribution < 1.29 is 12.8 Å². The van der Waals surface area contributed by atoms with Crippen LogP contribution in [0.15, 0.2) is 18.2 Å². The van der Waals surface area contributed by atoms with Crippen LogP contribution in [0.3, 0.4) is 0 Å². The molecule has 1 N–H and O–H groups in total. The number of nitrogens with one attached hydrogen (secondary N) is 1. The van der Waals surface area contributed by atoms with E-state index in [1.54, 1.807) is 6.07 Å². The summed E-state index contributed by atoms with van der Waals surface area (Å²) in [7, 11) is -2.19. The van der Waals surface area contributed by atoms with E-state index in [1.807, 2.05) is 6.92 Å². The van der Waals surface area contributed by atoms with Gasteiger partial charge < -0.3 is 5.32 Å². The maximum atomic E-state index is 13.8. The van der Waals surface area contributed by atoms with Gasteiger partial charge in [-0.3, -0.25) is 0 Å². The Morgan fingerprint density at radius 2 is 2.24 bits per heavy atom. The van der Waals surface area contributed by atoms with Crippen molar-refractivity contribution in [2.75, 3.05) is 26.7 Å². The predicted octanol–water partition coefficient (Wildman–Crippen LogP) is 1.45. The third kappa shape index (κ3) is 3.73. The Kier molecular flexibility index (Phi) is 5.21. The van der Waals surface area contributed by atoms with E-state index in [9.17, 15) is 12.8 Å². The molecule has 0 amide bonds. The summed E-state index contributed by atoms with van der Waals surface area (Å²) in [5.41, 5.74) is 0.188. The summed E-state index contributed by atoms with van der Waals surface area (Å²) >= 11 is 5.95. The molecule has 1 heterocycles. The van der Waals surface area contributed by atoms with E-state index in [0.29, 0.717) is 19.6 Å². The lowest BCUT2D eigenvalue weighted by Crippen LogP contribution is -2.54. The fraction of sp³-hybridized carbons (Fsp3) is 0.538. The highest BCUT2D eigenvalue weighted by molar-refractivity contribution is 7.86. The zero-order valence-corrected chi connectivity index (χ0v) is 13.6. The lowest BCUT2D eigenvalue weighted by molar-refractivity contribution is 0.287. The van der Waals surface area contributed by atoms with E-state index < -0.39 is 16.0 Å². The van der Waals surface area contributed by atoms with Crippen LogP contribution in [0, 0.1) is 5.82 Å². The van der Waals surface area contributed by atoms with E-state index in [1.165, 1.54) is 23.5 Å². The second-order valence-corrected chi connectivity index (χ2v) is 7.62. The minimum absolute atomic E-state index is 0.0911. The summed E-state index contributed by atoms with van der Waals surface area (Å²) in [4.78, 5) is 0. The minimum atomic E-state index is -3.63. The highest BCUT2D eigenvalue weighted by Crippen LogP contribution is 2.22. The molecule has 21 heavy (non-hydrogen) atoms. The number of halogens is 2.